The number of carboxylic acids is 1. The molecule has 4 aromatic rings. The number of nitrogens with one attached hydrogen (secondary N) is 1. The molecule has 244 valence electrons. The predicted molar refractivity (Wildman–Crippen MR) is 174 cm³/mol. The third-order valence-corrected chi connectivity index (χ3v) is 7.83. The summed E-state index contributed by atoms with van der Waals surface area (Å²) in [6.45, 7) is 4.07. The zero-order valence-electron chi connectivity index (χ0n) is 26.5. The SMILES string of the molecule is COc1cccc(CNC(=O)c2c(-c3ccccc3)c(-c3ccc(F)cc3)c(CC[C@@H](O)C[C@@H](O)CC(=O)O)n2C(C)C)c1OC. The summed E-state index contributed by atoms with van der Waals surface area (Å²) >= 11 is 0. The molecule has 3 aromatic carbocycles. The number of methoxy groups -OCH3 is 2. The van der Waals surface area contributed by atoms with Gasteiger partial charge in [0.05, 0.1) is 32.8 Å². The van der Waals surface area contributed by atoms with Gasteiger partial charge in [-0.05, 0) is 62.4 Å². The molecule has 0 aliphatic heterocycles. The van der Waals surface area contributed by atoms with Crippen LogP contribution >= 0.6 is 0 Å². The van der Waals surface area contributed by atoms with Gasteiger partial charge in [-0.25, -0.2) is 4.39 Å². The molecule has 0 aliphatic rings. The van der Waals surface area contributed by atoms with Gasteiger partial charge < -0.3 is 34.7 Å². The lowest BCUT2D eigenvalue weighted by atomic mass is 9.92. The molecule has 4 N–H and O–H groups in total. The number of aromatic nitrogens is 1. The molecule has 9 nitrogen and oxygen atoms in total. The number of ether oxygens (including phenoxy) is 2. The van der Waals surface area contributed by atoms with Crippen LogP contribution in [0.3, 0.4) is 0 Å². The van der Waals surface area contributed by atoms with Crippen LogP contribution in [0.5, 0.6) is 11.5 Å². The minimum absolute atomic E-state index is 0.109. The smallest absolute Gasteiger partial charge is 0.305 e. The highest BCUT2D eigenvalue weighted by molar-refractivity contribution is 6.05. The maximum absolute atomic E-state index is 14.3. The van der Waals surface area contributed by atoms with Crippen LogP contribution in [0.2, 0.25) is 0 Å². The lowest BCUT2D eigenvalue weighted by Crippen LogP contribution is -2.27. The van der Waals surface area contributed by atoms with E-state index in [0.29, 0.717) is 34.7 Å². The number of hydrogen-bond donors (Lipinski definition) is 4. The second-order valence-electron chi connectivity index (χ2n) is 11.4. The first kappa shape index (κ1) is 34.2. The molecule has 0 saturated carbocycles. The summed E-state index contributed by atoms with van der Waals surface area (Å²) in [5.74, 6) is -0.841. The third kappa shape index (κ3) is 7.94. The Bertz CT molecular complexity index is 1630. The van der Waals surface area contributed by atoms with Gasteiger partial charge in [0.25, 0.3) is 5.91 Å². The third-order valence-electron chi connectivity index (χ3n) is 7.83. The number of carbonyl (C=O) groups is 2. The van der Waals surface area contributed by atoms with Crippen molar-refractivity contribution in [2.75, 3.05) is 14.2 Å². The number of carboxylic acid groups (broad SMARTS) is 1. The molecular weight excluding hydrogens is 591 g/mol. The van der Waals surface area contributed by atoms with Crippen molar-refractivity contribution >= 4 is 11.9 Å². The Labute approximate surface area is 268 Å². The number of amides is 1. The van der Waals surface area contributed by atoms with E-state index in [1.54, 1.807) is 25.3 Å². The fourth-order valence-electron chi connectivity index (χ4n) is 5.86. The van der Waals surface area contributed by atoms with E-state index >= 15 is 0 Å². The Morgan fingerprint density at radius 3 is 2.15 bits per heavy atom. The van der Waals surface area contributed by atoms with Crippen molar-refractivity contribution in [2.24, 2.45) is 0 Å². The summed E-state index contributed by atoms with van der Waals surface area (Å²) in [6.07, 6.45) is -2.29. The van der Waals surface area contributed by atoms with Gasteiger partial charge in [0.2, 0.25) is 0 Å². The van der Waals surface area contributed by atoms with E-state index in [9.17, 15) is 24.2 Å². The van der Waals surface area contributed by atoms with Gasteiger partial charge in [0.1, 0.15) is 11.5 Å². The van der Waals surface area contributed by atoms with Crippen molar-refractivity contribution in [1.82, 2.24) is 9.88 Å². The number of rotatable bonds is 15. The summed E-state index contributed by atoms with van der Waals surface area (Å²) in [7, 11) is 3.08. The number of halogens is 1. The molecule has 1 aromatic heterocycles. The first-order valence-corrected chi connectivity index (χ1v) is 15.2. The molecule has 4 rings (SSSR count). The zero-order valence-corrected chi connectivity index (χ0v) is 26.5. The van der Waals surface area contributed by atoms with Crippen LogP contribution < -0.4 is 14.8 Å². The summed E-state index contributed by atoms with van der Waals surface area (Å²) in [4.78, 5) is 25.4. The van der Waals surface area contributed by atoms with Crippen molar-refractivity contribution in [3.63, 3.8) is 0 Å². The molecule has 0 radical (unpaired) electrons. The van der Waals surface area contributed by atoms with Crippen molar-refractivity contribution < 1.29 is 38.8 Å². The van der Waals surface area contributed by atoms with E-state index in [1.807, 2.05) is 60.9 Å². The highest BCUT2D eigenvalue weighted by Gasteiger charge is 2.30. The van der Waals surface area contributed by atoms with Gasteiger partial charge in [-0.3, -0.25) is 9.59 Å². The standard InChI is InChI=1S/C36H41FN2O7/c1-22(2)39-29(18-17-27(40)19-28(41)20-31(42)43)32(24-13-15-26(37)16-14-24)33(23-9-6-5-7-10-23)34(39)36(44)38-21-25-11-8-12-30(45-3)35(25)46-4/h5-16,22,27-28,40-41H,17-21H2,1-4H3,(H,38,44)(H,42,43)/t27-,28-/m1/s1. The normalized spacial score (nSPS) is 12.5. The summed E-state index contributed by atoms with van der Waals surface area (Å²) < 4.78 is 27.1. The number of aliphatic carboxylic acids is 1. The maximum Gasteiger partial charge on any atom is 0.305 e. The monoisotopic (exact) mass is 632 g/mol. The fraction of sp³-hybridized carbons (Fsp3) is 0.333. The first-order chi connectivity index (χ1) is 22.0. The van der Waals surface area contributed by atoms with Gasteiger partial charge in [-0.2, -0.15) is 0 Å². The van der Waals surface area contributed by atoms with Crippen LogP contribution in [-0.4, -0.2) is 58.2 Å². The zero-order chi connectivity index (χ0) is 33.4. The number of hydrogen-bond acceptors (Lipinski definition) is 6. The second-order valence-corrected chi connectivity index (χ2v) is 11.4. The summed E-state index contributed by atoms with van der Waals surface area (Å²) in [6, 6.07) is 20.8. The molecule has 46 heavy (non-hydrogen) atoms. The van der Waals surface area contributed by atoms with Gasteiger partial charge in [0, 0.05) is 35.0 Å². The topological polar surface area (TPSA) is 130 Å². The van der Waals surface area contributed by atoms with Crippen LogP contribution in [0.4, 0.5) is 4.39 Å². The molecule has 10 heteroatoms. The fourth-order valence-corrected chi connectivity index (χ4v) is 5.86. The quantitative estimate of drug-likeness (QED) is 0.126. The molecule has 2 atom stereocenters. The van der Waals surface area contributed by atoms with Gasteiger partial charge >= 0.3 is 5.97 Å². The Hall–Kier alpha value is -4.67. The van der Waals surface area contributed by atoms with E-state index in [2.05, 4.69) is 5.32 Å². The number of carbonyl (C=O) groups excluding carboxylic acids is 1. The van der Waals surface area contributed by atoms with Crippen molar-refractivity contribution in [3.05, 3.63) is 95.6 Å². The Morgan fingerprint density at radius 2 is 1.54 bits per heavy atom. The van der Waals surface area contributed by atoms with Crippen LogP contribution in [0.25, 0.3) is 22.3 Å². The molecule has 0 aliphatic carbocycles. The lowest BCUT2D eigenvalue weighted by Gasteiger charge is -2.20. The molecule has 0 saturated heterocycles. The van der Waals surface area contributed by atoms with Gasteiger partial charge in [-0.15, -0.1) is 0 Å². The highest BCUT2D eigenvalue weighted by Crippen LogP contribution is 2.42. The van der Waals surface area contributed by atoms with Gasteiger partial charge in [-0.1, -0.05) is 54.6 Å². The van der Waals surface area contributed by atoms with Crippen LogP contribution in [0.1, 0.15) is 60.9 Å². The number of aliphatic hydroxyl groups excluding tert-OH is 2. The van der Waals surface area contributed by atoms with Crippen molar-refractivity contribution in [3.8, 4) is 33.8 Å². The Balaban J connectivity index is 1.86. The molecular formula is C36H41FN2O7. The molecule has 0 fully saturated rings. The van der Waals surface area contributed by atoms with Crippen molar-refractivity contribution in [2.45, 2.75) is 64.3 Å². The molecule has 1 amide bonds. The number of benzene rings is 3. The van der Waals surface area contributed by atoms with E-state index in [1.165, 1.54) is 19.2 Å². The first-order valence-electron chi connectivity index (χ1n) is 15.2. The lowest BCUT2D eigenvalue weighted by molar-refractivity contribution is -0.139. The second kappa shape index (κ2) is 15.6. The van der Waals surface area contributed by atoms with Crippen LogP contribution in [-0.2, 0) is 17.8 Å². The Kier molecular flexibility index (Phi) is 11.6. The molecule has 0 spiro atoms. The van der Waals surface area contributed by atoms with E-state index < -0.39 is 30.4 Å². The van der Waals surface area contributed by atoms with Gasteiger partial charge in [0.15, 0.2) is 11.5 Å². The number of aliphatic hydroxyl groups is 2. The maximum atomic E-state index is 14.3. The molecule has 0 unspecified atom stereocenters. The molecule has 0 bridgehead atoms. The summed E-state index contributed by atoms with van der Waals surface area (Å²) in [5, 5.41) is 33.0. The van der Waals surface area contributed by atoms with Crippen LogP contribution in [0, 0.1) is 5.82 Å². The molecule has 1 heterocycles. The minimum Gasteiger partial charge on any atom is -0.493 e. The van der Waals surface area contributed by atoms with Crippen LogP contribution in [0.15, 0.2) is 72.8 Å². The number of nitrogens with zero attached hydrogens (tertiary/aromatic N) is 1. The Morgan fingerprint density at radius 1 is 0.870 bits per heavy atom. The summed E-state index contributed by atoms with van der Waals surface area (Å²) in [5.41, 5.74) is 4.73. The largest absolute Gasteiger partial charge is 0.493 e. The van der Waals surface area contributed by atoms with E-state index in [4.69, 9.17) is 14.6 Å². The minimum atomic E-state index is -1.20. The predicted octanol–water partition coefficient (Wildman–Crippen LogP) is 6.01. The van der Waals surface area contributed by atoms with E-state index in [0.717, 1.165) is 22.4 Å². The average Bonchev–Trinajstić information content (AvgIpc) is 3.38. The number of para-hydroxylation sites is 1. The average molecular weight is 633 g/mol. The van der Waals surface area contributed by atoms with Crippen molar-refractivity contribution in [1.29, 1.82) is 0 Å². The van der Waals surface area contributed by atoms with E-state index in [-0.39, 0.29) is 31.3 Å². The highest BCUT2D eigenvalue weighted by atomic mass is 19.1.